The van der Waals surface area contributed by atoms with Crippen molar-refractivity contribution in [3.63, 3.8) is 0 Å². The van der Waals surface area contributed by atoms with Crippen LogP contribution in [-0.2, 0) is 10.0 Å². The average Bonchev–Trinajstić information content (AvgIpc) is 2.42. The molecule has 0 aliphatic heterocycles. The summed E-state index contributed by atoms with van der Waals surface area (Å²) in [6, 6.07) is 7.70. The number of hydrogen-bond acceptors (Lipinski definition) is 3. The van der Waals surface area contributed by atoms with E-state index in [1.165, 1.54) is 4.31 Å². The number of hydrogen-bond donors (Lipinski definition) is 2. The van der Waals surface area contributed by atoms with E-state index in [1.807, 2.05) is 45.0 Å². The fourth-order valence-corrected chi connectivity index (χ4v) is 3.22. The number of aliphatic imine (C=N–C) groups is 1. The first-order valence-corrected chi connectivity index (χ1v) is 8.61. The summed E-state index contributed by atoms with van der Waals surface area (Å²) in [6.45, 7) is 6.72. The minimum Gasteiger partial charge on any atom is -0.370 e. The first-order chi connectivity index (χ1) is 9.89. The first-order valence-electron chi connectivity index (χ1n) is 7.00. The van der Waals surface area contributed by atoms with Gasteiger partial charge in [-0.3, -0.25) is 4.99 Å². The molecule has 22 heavy (non-hydrogen) atoms. The van der Waals surface area contributed by atoms with Crippen molar-refractivity contribution in [3.8, 4) is 0 Å². The van der Waals surface area contributed by atoms with Crippen LogP contribution in [0.2, 0.25) is 0 Å². The van der Waals surface area contributed by atoms with Gasteiger partial charge in [0.15, 0.2) is 5.96 Å². The monoisotopic (exact) mass is 440 g/mol. The normalized spacial score (nSPS) is 12.1. The summed E-state index contributed by atoms with van der Waals surface area (Å²) in [4.78, 5) is 4.06. The Morgan fingerprint density at radius 2 is 1.77 bits per heavy atom. The standard InChI is InChI=1S/C14H24N4O2S.HI/c1-4-18(5-2)21(19,20)11-10-16-14(15)17-13-8-6-12(3)7-9-13;/h6-9H,4-5,10-11H2,1-3H3,(H3,15,16,17);1H. The third-order valence-electron chi connectivity index (χ3n) is 3.05. The third kappa shape index (κ3) is 6.93. The molecule has 0 amide bonds. The van der Waals surface area contributed by atoms with Gasteiger partial charge in [0.2, 0.25) is 10.0 Å². The molecule has 126 valence electrons. The molecule has 0 atom stereocenters. The van der Waals surface area contributed by atoms with Gasteiger partial charge in [0.05, 0.1) is 12.3 Å². The molecule has 6 nitrogen and oxygen atoms in total. The maximum absolute atomic E-state index is 12.0. The molecule has 0 unspecified atom stereocenters. The summed E-state index contributed by atoms with van der Waals surface area (Å²) in [5.74, 6) is 0.180. The molecule has 3 N–H and O–H groups in total. The lowest BCUT2D eigenvalue weighted by atomic mass is 10.2. The molecular weight excluding hydrogens is 415 g/mol. The largest absolute Gasteiger partial charge is 0.370 e. The average molecular weight is 440 g/mol. The van der Waals surface area contributed by atoms with Gasteiger partial charge >= 0.3 is 0 Å². The highest BCUT2D eigenvalue weighted by atomic mass is 127. The molecule has 0 aromatic heterocycles. The number of aryl methyl sites for hydroxylation is 1. The van der Waals surface area contributed by atoms with Crippen LogP contribution >= 0.6 is 24.0 Å². The predicted molar refractivity (Wildman–Crippen MR) is 103 cm³/mol. The van der Waals surface area contributed by atoms with Crippen molar-refractivity contribution in [2.45, 2.75) is 20.8 Å². The molecule has 0 spiro atoms. The number of nitrogens with two attached hydrogens (primary N) is 1. The Bertz CT molecular complexity index is 569. The fraction of sp³-hybridized carbons (Fsp3) is 0.500. The van der Waals surface area contributed by atoms with E-state index in [9.17, 15) is 8.42 Å². The molecule has 0 fully saturated rings. The van der Waals surface area contributed by atoms with E-state index in [2.05, 4.69) is 10.3 Å². The van der Waals surface area contributed by atoms with Gasteiger partial charge in [-0.15, -0.1) is 24.0 Å². The van der Waals surface area contributed by atoms with E-state index in [-0.39, 0.29) is 42.2 Å². The molecule has 0 aliphatic carbocycles. The van der Waals surface area contributed by atoms with E-state index in [4.69, 9.17) is 5.73 Å². The number of halogens is 1. The number of nitrogens with zero attached hydrogens (tertiary/aromatic N) is 2. The number of guanidine groups is 1. The van der Waals surface area contributed by atoms with Crippen LogP contribution in [0.5, 0.6) is 0 Å². The molecular formula is C14H25IN4O2S. The molecule has 0 saturated heterocycles. The third-order valence-corrected chi connectivity index (χ3v) is 5.06. The lowest BCUT2D eigenvalue weighted by molar-refractivity contribution is 0.445. The summed E-state index contributed by atoms with van der Waals surface area (Å²) in [7, 11) is -3.25. The SMILES string of the molecule is CCN(CC)S(=O)(=O)CCN=C(N)Nc1ccc(C)cc1.I. The van der Waals surface area contributed by atoms with E-state index in [0.29, 0.717) is 13.1 Å². The van der Waals surface area contributed by atoms with E-state index >= 15 is 0 Å². The Labute approximate surface area is 150 Å². The predicted octanol–water partition coefficient (Wildman–Crippen LogP) is 2.01. The van der Waals surface area contributed by atoms with Crippen LogP contribution in [0.25, 0.3) is 0 Å². The quantitative estimate of drug-likeness (QED) is 0.386. The van der Waals surface area contributed by atoms with E-state index in [1.54, 1.807) is 0 Å². The molecule has 0 bridgehead atoms. The number of sulfonamides is 1. The molecule has 0 heterocycles. The van der Waals surface area contributed by atoms with Crippen molar-refractivity contribution in [1.82, 2.24) is 4.31 Å². The molecule has 1 rings (SSSR count). The van der Waals surface area contributed by atoms with E-state index in [0.717, 1.165) is 11.3 Å². The Balaban J connectivity index is 0.00000441. The number of nitrogens with one attached hydrogen (secondary N) is 1. The lowest BCUT2D eigenvalue weighted by Gasteiger charge is -2.17. The van der Waals surface area contributed by atoms with Crippen molar-refractivity contribution in [1.29, 1.82) is 0 Å². The smallest absolute Gasteiger partial charge is 0.215 e. The minimum atomic E-state index is -3.25. The van der Waals surface area contributed by atoms with Gasteiger partial charge in [-0.2, -0.15) is 0 Å². The van der Waals surface area contributed by atoms with Crippen molar-refractivity contribution in [2.24, 2.45) is 10.7 Å². The Kier molecular flexibility index (Phi) is 9.61. The second-order valence-electron chi connectivity index (χ2n) is 4.66. The molecule has 8 heteroatoms. The molecule has 1 aromatic carbocycles. The zero-order valence-corrected chi connectivity index (χ0v) is 16.4. The summed E-state index contributed by atoms with van der Waals surface area (Å²) in [5.41, 5.74) is 7.73. The van der Waals surface area contributed by atoms with Crippen molar-refractivity contribution < 1.29 is 8.42 Å². The number of rotatable bonds is 7. The van der Waals surface area contributed by atoms with E-state index < -0.39 is 10.0 Å². The van der Waals surface area contributed by atoms with Crippen LogP contribution in [0.3, 0.4) is 0 Å². The molecule has 0 aliphatic rings. The Morgan fingerprint density at radius 3 is 2.27 bits per heavy atom. The van der Waals surface area contributed by atoms with Gasteiger partial charge in [-0.05, 0) is 19.1 Å². The highest BCUT2D eigenvalue weighted by molar-refractivity contribution is 14.0. The summed E-state index contributed by atoms with van der Waals surface area (Å²) >= 11 is 0. The molecule has 0 radical (unpaired) electrons. The van der Waals surface area contributed by atoms with Gasteiger partial charge < -0.3 is 11.1 Å². The fourth-order valence-electron chi connectivity index (χ4n) is 1.85. The van der Waals surface area contributed by atoms with Crippen LogP contribution in [0.4, 0.5) is 5.69 Å². The van der Waals surface area contributed by atoms with Crippen LogP contribution in [-0.4, -0.2) is 44.1 Å². The second-order valence-corrected chi connectivity index (χ2v) is 6.75. The highest BCUT2D eigenvalue weighted by Gasteiger charge is 2.17. The van der Waals surface area contributed by atoms with Crippen molar-refractivity contribution in [2.75, 3.05) is 30.7 Å². The molecule has 1 aromatic rings. The van der Waals surface area contributed by atoms with Crippen LogP contribution < -0.4 is 11.1 Å². The van der Waals surface area contributed by atoms with Gasteiger partial charge in [0.1, 0.15) is 0 Å². The molecule has 0 saturated carbocycles. The second kappa shape index (κ2) is 10.0. The van der Waals surface area contributed by atoms with Crippen LogP contribution in [0.1, 0.15) is 19.4 Å². The summed E-state index contributed by atoms with van der Waals surface area (Å²) < 4.78 is 25.4. The highest BCUT2D eigenvalue weighted by Crippen LogP contribution is 2.08. The van der Waals surface area contributed by atoms with Crippen molar-refractivity contribution >= 4 is 45.6 Å². The maximum atomic E-state index is 12.0. The van der Waals surface area contributed by atoms with Gasteiger partial charge in [-0.25, -0.2) is 12.7 Å². The van der Waals surface area contributed by atoms with Crippen molar-refractivity contribution in [3.05, 3.63) is 29.8 Å². The summed E-state index contributed by atoms with van der Waals surface area (Å²) in [6.07, 6.45) is 0. The lowest BCUT2D eigenvalue weighted by Crippen LogP contribution is -2.34. The zero-order chi connectivity index (χ0) is 15.9. The summed E-state index contributed by atoms with van der Waals surface area (Å²) in [5, 5.41) is 2.93. The minimum absolute atomic E-state index is 0. The van der Waals surface area contributed by atoms with Crippen LogP contribution in [0, 0.1) is 6.92 Å². The first kappa shape index (κ1) is 21.1. The Hall–Kier alpha value is -0.870. The topological polar surface area (TPSA) is 87.8 Å². The van der Waals surface area contributed by atoms with Gasteiger partial charge in [-0.1, -0.05) is 31.5 Å². The van der Waals surface area contributed by atoms with Gasteiger partial charge in [0, 0.05) is 18.8 Å². The van der Waals surface area contributed by atoms with Gasteiger partial charge in [0.25, 0.3) is 0 Å². The number of benzene rings is 1. The van der Waals surface area contributed by atoms with Crippen LogP contribution in [0.15, 0.2) is 29.3 Å². The number of anilines is 1. The maximum Gasteiger partial charge on any atom is 0.215 e. The zero-order valence-electron chi connectivity index (χ0n) is 13.2. The Morgan fingerprint density at radius 1 is 1.23 bits per heavy atom.